The van der Waals surface area contributed by atoms with Gasteiger partial charge in [-0.2, -0.15) is 0 Å². The van der Waals surface area contributed by atoms with E-state index in [1.54, 1.807) is 6.07 Å². The van der Waals surface area contributed by atoms with Gasteiger partial charge in [0.1, 0.15) is 11.2 Å². The molecule has 124 valence electrons. The maximum atomic E-state index is 12.2. The molecule has 4 rings (SSSR count). The second kappa shape index (κ2) is 5.63. The molecule has 0 aliphatic heterocycles. The molecule has 25 heavy (non-hydrogen) atoms. The SMILES string of the molecule is COC(=O)c1oc2ccc3c(C)cc(=O)oc3c2c1-c1ccccc1. The van der Waals surface area contributed by atoms with E-state index in [4.69, 9.17) is 13.6 Å². The van der Waals surface area contributed by atoms with E-state index in [1.165, 1.54) is 13.2 Å². The van der Waals surface area contributed by atoms with E-state index in [0.717, 1.165) is 16.5 Å². The second-order valence-corrected chi connectivity index (χ2v) is 5.73. The van der Waals surface area contributed by atoms with Crippen LogP contribution in [0, 0.1) is 6.92 Å². The van der Waals surface area contributed by atoms with Crippen molar-refractivity contribution in [2.45, 2.75) is 6.92 Å². The Bertz CT molecular complexity index is 1170. The van der Waals surface area contributed by atoms with E-state index in [0.29, 0.717) is 22.1 Å². The predicted molar refractivity (Wildman–Crippen MR) is 93.8 cm³/mol. The number of furan rings is 1. The average Bonchev–Trinajstić information content (AvgIpc) is 3.01. The van der Waals surface area contributed by atoms with E-state index in [2.05, 4.69) is 0 Å². The lowest BCUT2D eigenvalue weighted by molar-refractivity contribution is 0.0569. The van der Waals surface area contributed by atoms with Crippen molar-refractivity contribution in [2.24, 2.45) is 0 Å². The van der Waals surface area contributed by atoms with Crippen molar-refractivity contribution in [1.29, 1.82) is 0 Å². The van der Waals surface area contributed by atoms with Crippen molar-refractivity contribution in [3.05, 3.63) is 70.3 Å². The van der Waals surface area contributed by atoms with E-state index >= 15 is 0 Å². The zero-order valence-electron chi connectivity index (χ0n) is 13.7. The topological polar surface area (TPSA) is 69.7 Å². The summed E-state index contributed by atoms with van der Waals surface area (Å²) in [5.41, 5.74) is 2.55. The fourth-order valence-electron chi connectivity index (χ4n) is 3.08. The maximum Gasteiger partial charge on any atom is 0.374 e. The first-order chi connectivity index (χ1) is 12.1. The minimum Gasteiger partial charge on any atom is -0.463 e. The van der Waals surface area contributed by atoms with Crippen LogP contribution in [0.1, 0.15) is 16.1 Å². The van der Waals surface area contributed by atoms with Crippen LogP contribution in [-0.2, 0) is 4.74 Å². The van der Waals surface area contributed by atoms with Crippen LogP contribution in [0.15, 0.2) is 62.2 Å². The van der Waals surface area contributed by atoms with Gasteiger partial charge in [-0.05, 0) is 30.2 Å². The molecule has 0 aliphatic carbocycles. The molecule has 2 aromatic carbocycles. The van der Waals surface area contributed by atoms with Gasteiger partial charge < -0.3 is 13.6 Å². The molecule has 0 fully saturated rings. The average molecular weight is 334 g/mol. The first-order valence-electron chi connectivity index (χ1n) is 7.74. The Morgan fingerprint density at radius 3 is 2.52 bits per heavy atom. The molecule has 2 aromatic heterocycles. The standard InChI is InChI=1S/C20H14O5/c1-11-10-15(21)25-18-13(11)8-9-14-17(18)16(12-6-4-3-5-7-12)19(24-14)20(22)23-2/h3-10H,1-2H3. The highest BCUT2D eigenvalue weighted by Crippen LogP contribution is 2.39. The molecule has 0 aliphatic rings. The van der Waals surface area contributed by atoms with Gasteiger partial charge in [0.2, 0.25) is 5.76 Å². The van der Waals surface area contributed by atoms with Gasteiger partial charge in [-0.3, -0.25) is 0 Å². The van der Waals surface area contributed by atoms with Crippen LogP contribution >= 0.6 is 0 Å². The van der Waals surface area contributed by atoms with Gasteiger partial charge in [0.15, 0.2) is 0 Å². The highest BCUT2D eigenvalue weighted by Gasteiger charge is 2.25. The van der Waals surface area contributed by atoms with E-state index in [1.807, 2.05) is 43.3 Å². The van der Waals surface area contributed by atoms with Crippen molar-refractivity contribution in [3.63, 3.8) is 0 Å². The Labute approximate surface area is 142 Å². The zero-order chi connectivity index (χ0) is 17.6. The van der Waals surface area contributed by atoms with Crippen molar-refractivity contribution >= 4 is 27.9 Å². The van der Waals surface area contributed by atoms with Gasteiger partial charge in [0.05, 0.1) is 12.5 Å². The van der Waals surface area contributed by atoms with Crippen LogP contribution in [0.25, 0.3) is 33.1 Å². The Hall–Kier alpha value is -3.34. The minimum atomic E-state index is -0.585. The fourth-order valence-corrected chi connectivity index (χ4v) is 3.08. The highest BCUT2D eigenvalue weighted by atomic mass is 16.5. The van der Waals surface area contributed by atoms with E-state index in [-0.39, 0.29) is 5.76 Å². The molecule has 0 amide bonds. The van der Waals surface area contributed by atoms with Crippen LogP contribution in [-0.4, -0.2) is 13.1 Å². The van der Waals surface area contributed by atoms with Crippen molar-refractivity contribution in [1.82, 2.24) is 0 Å². The molecular weight excluding hydrogens is 320 g/mol. The normalized spacial score (nSPS) is 11.1. The number of ether oxygens (including phenoxy) is 1. The zero-order valence-corrected chi connectivity index (χ0v) is 13.7. The quantitative estimate of drug-likeness (QED) is 0.404. The van der Waals surface area contributed by atoms with Crippen molar-refractivity contribution < 1.29 is 18.4 Å². The maximum absolute atomic E-state index is 12.2. The van der Waals surface area contributed by atoms with Gasteiger partial charge in [0, 0.05) is 17.0 Å². The third-order valence-corrected chi connectivity index (χ3v) is 4.20. The molecule has 0 saturated heterocycles. The van der Waals surface area contributed by atoms with Crippen molar-refractivity contribution in [3.8, 4) is 11.1 Å². The highest BCUT2D eigenvalue weighted by molar-refractivity contribution is 6.15. The summed E-state index contributed by atoms with van der Waals surface area (Å²) < 4.78 is 16.1. The van der Waals surface area contributed by atoms with Crippen LogP contribution in [0.5, 0.6) is 0 Å². The molecule has 0 spiro atoms. The third-order valence-electron chi connectivity index (χ3n) is 4.20. The monoisotopic (exact) mass is 334 g/mol. The summed E-state index contributed by atoms with van der Waals surface area (Å²) in [5, 5.41) is 1.38. The number of carbonyl (C=O) groups excluding carboxylic acids is 1. The van der Waals surface area contributed by atoms with Crippen LogP contribution in [0.3, 0.4) is 0 Å². The number of aryl methyl sites for hydroxylation is 1. The Morgan fingerprint density at radius 2 is 1.80 bits per heavy atom. The molecule has 0 bridgehead atoms. The number of esters is 1. The van der Waals surface area contributed by atoms with E-state index in [9.17, 15) is 9.59 Å². The van der Waals surface area contributed by atoms with Crippen LogP contribution in [0.2, 0.25) is 0 Å². The molecule has 0 N–H and O–H groups in total. The predicted octanol–water partition coefficient (Wildman–Crippen LogP) is 4.30. The largest absolute Gasteiger partial charge is 0.463 e. The number of carbonyl (C=O) groups is 1. The minimum absolute atomic E-state index is 0.0837. The molecule has 0 atom stereocenters. The van der Waals surface area contributed by atoms with Gasteiger partial charge in [-0.1, -0.05) is 30.3 Å². The van der Waals surface area contributed by atoms with E-state index < -0.39 is 11.6 Å². The summed E-state index contributed by atoms with van der Waals surface area (Å²) >= 11 is 0. The summed E-state index contributed by atoms with van der Waals surface area (Å²) in [5.74, 6) is -0.501. The molecule has 4 aromatic rings. The summed E-state index contributed by atoms with van der Waals surface area (Å²) in [7, 11) is 1.30. The number of hydrogen-bond acceptors (Lipinski definition) is 5. The van der Waals surface area contributed by atoms with Gasteiger partial charge in [-0.25, -0.2) is 9.59 Å². The number of rotatable bonds is 2. The number of fused-ring (bicyclic) bond motifs is 3. The Balaban J connectivity index is 2.24. The Morgan fingerprint density at radius 1 is 1.04 bits per heavy atom. The fraction of sp³-hybridized carbons (Fsp3) is 0.100. The second-order valence-electron chi connectivity index (χ2n) is 5.73. The lowest BCUT2D eigenvalue weighted by atomic mass is 9.99. The lowest BCUT2D eigenvalue weighted by Gasteiger charge is -2.04. The Kier molecular flexibility index (Phi) is 3.42. The molecular formula is C20H14O5. The van der Waals surface area contributed by atoms with Crippen molar-refractivity contribution in [2.75, 3.05) is 7.11 Å². The number of benzene rings is 2. The first kappa shape index (κ1) is 15.2. The molecule has 5 nitrogen and oxygen atoms in total. The number of methoxy groups -OCH3 is 1. The van der Waals surface area contributed by atoms with Gasteiger partial charge in [0.25, 0.3) is 0 Å². The first-order valence-corrected chi connectivity index (χ1v) is 7.74. The molecule has 0 unspecified atom stereocenters. The molecule has 0 saturated carbocycles. The smallest absolute Gasteiger partial charge is 0.374 e. The number of hydrogen-bond donors (Lipinski definition) is 0. The molecule has 5 heteroatoms. The summed E-state index contributed by atoms with van der Waals surface area (Å²) in [6.45, 7) is 1.84. The summed E-state index contributed by atoms with van der Waals surface area (Å²) in [6.07, 6.45) is 0. The van der Waals surface area contributed by atoms with Gasteiger partial charge in [-0.15, -0.1) is 0 Å². The summed E-state index contributed by atoms with van der Waals surface area (Å²) in [6, 6.07) is 14.4. The van der Waals surface area contributed by atoms with Crippen LogP contribution < -0.4 is 5.63 Å². The molecule has 0 radical (unpaired) electrons. The van der Waals surface area contributed by atoms with Gasteiger partial charge >= 0.3 is 11.6 Å². The molecule has 2 heterocycles. The third kappa shape index (κ3) is 2.32. The lowest BCUT2D eigenvalue weighted by Crippen LogP contribution is -2.01. The summed E-state index contributed by atoms with van der Waals surface area (Å²) in [4.78, 5) is 24.1. The van der Waals surface area contributed by atoms with Crippen LogP contribution in [0.4, 0.5) is 0 Å².